The van der Waals surface area contributed by atoms with Gasteiger partial charge in [0.15, 0.2) is 22.6 Å². The van der Waals surface area contributed by atoms with Gasteiger partial charge in [-0.05, 0) is 60.5 Å². The minimum Gasteiger partial charge on any atom is -0.495 e. The van der Waals surface area contributed by atoms with Crippen molar-refractivity contribution in [1.82, 2.24) is 9.72 Å². The van der Waals surface area contributed by atoms with Gasteiger partial charge in [0, 0.05) is 28.1 Å². The van der Waals surface area contributed by atoms with Gasteiger partial charge < -0.3 is 14.0 Å². The third-order valence-corrected chi connectivity index (χ3v) is 7.49. The van der Waals surface area contributed by atoms with Crippen LogP contribution in [0.5, 0.6) is 11.5 Å². The summed E-state index contributed by atoms with van der Waals surface area (Å²) in [6, 6.07) is 15.9. The number of aryl methyl sites for hydroxylation is 1. The number of rotatable bonds is 7. The number of halogens is 2. The topological polar surface area (TPSA) is 95.6 Å². The normalized spacial score (nSPS) is 11.9. The van der Waals surface area contributed by atoms with Crippen LogP contribution in [0.4, 0.5) is 10.2 Å². The van der Waals surface area contributed by atoms with Crippen molar-refractivity contribution in [2.45, 2.75) is 11.8 Å². The summed E-state index contributed by atoms with van der Waals surface area (Å²) in [7, 11) is 1.14. The number of pyridine rings is 1. The first-order valence-corrected chi connectivity index (χ1v) is 12.8. The van der Waals surface area contributed by atoms with Crippen LogP contribution in [0.25, 0.3) is 27.7 Å². The number of fused-ring (bicyclic) bond motifs is 1. The molecule has 0 spiro atoms. The number of hydrogen-bond acceptors (Lipinski definition) is 6. The van der Waals surface area contributed by atoms with Crippen LogP contribution in [-0.2, 0) is 11.0 Å². The molecule has 0 aliphatic heterocycles. The van der Waals surface area contributed by atoms with Gasteiger partial charge in [-0.25, -0.2) is 8.60 Å². The summed E-state index contributed by atoms with van der Waals surface area (Å²) in [5.41, 5.74) is 1.81. The number of hydrogen-bond donors (Lipinski definition) is 1. The predicted octanol–water partition coefficient (Wildman–Crippen LogP) is 5.90. The second kappa shape index (κ2) is 10.3. The first-order valence-electron chi connectivity index (χ1n) is 11.3. The van der Waals surface area contributed by atoms with Crippen LogP contribution in [0.1, 0.15) is 5.56 Å². The lowest BCUT2D eigenvalue weighted by atomic mass is 10.0. The number of nitrogens with one attached hydrogen (secondary N) is 1. The van der Waals surface area contributed by atoms with Crippen molar-refractivity contribution in [3.05, 3.63) is 93.7 Å². The summed E-state index contributed by atoms with van der Waals surface area (Å²) in [6.45, 7) is 1.83. The third kappa shape index (κ3) is 4.64. The maximum atomic E-state index is 15.5. The molecule has 38 heavy (non-hydrogen) atoms. The van der Waals surface area contributed by atoms with E-state index < -0.39 is 22.4 Å². The monoisotopic (exact) mass is 553 g/mol. The zero-order valence-electron chi connectivity index (χ0n) is 20.5. The average Bonchev–Trinajstić information content (AvgIpc) is 3.42. The summed E-state index contributed by atoms with van der Waals surface area (Å²) in [5, 5.41) is 4.81. The van der Waals surface area contributed by atoms with Gasteiger partial charge in [-0.3, -0.25) is 14.1 Å². The molecule has 5 rings (SSSR count). The van der Waals surface area contributed by atoms with Crippen LogP contribution in [-0.4, -0.2) is 28.2 Å². The summed E-state index contributed by atoms with van der Waals surface area (Å²) >= 11 is 6.14. The van der Waals surface area contributed by atoms with Gasteiger partial charge in [-0.15, -0.1) is 0 Å². The Bertz CT molecular complexity index is 1750. The van der Waals surface area contributed by atoms with Crippen molar-refractivity contribution in [2.75, 3.05) is 18.9 Å². The van der Waals surface area contributed by atoms with Crippen molar-refractivity contribution in [1.29, 1.82) is 0 Å². The zero-order chi connectivity index (χ0) is 27.0. The molecule has 0 radical (unpaired) electrons. The van der Waals surface area contributed by atoms with Crippen LogP contribution in [0.15, 0.2) is 81.1 Å². The summed E-state index contributed by atoms with van der Waals surface area (Å²) < 4.78 is 48.1. The molecule has 2 aromatic heterocycles. The highest BCUT2D eigenvalue weighted by atomic mass is 35.5. The van der Waals surface area contributed by atoms with Gasteiger partial charge in [0.1, 0.15) is 17.8 Å². The van der Waals surface area contributed by atoms with E-state index in [0.717, 1.165) is 5.56 Å². The largest absolute Gasteiger partial charge is 0.495 e. The maximum Gasteiger partial charge on any atom is 0.298 e. The van der Waals surface area contributed by atoms with Gasteiger partial charge in [-0.1, -0.05) is 22.8 Å². The van der Waals surface area contributed by atoms with E-state index in [2.05, 4.69) is 9.88 Å². The molecule has 8 nitrogen and oxygen atoms in total. The molecule has 0 fully saturated rings. The van der Waals surface area contributed by atoms with Gasteiger partial charge in [0.05, 0.1) is 30.3 Å². The fraction of sp³-hybridized carbons (Fsp3) is 0.111. The Morgan fingerprint density at radius 3 is 2.50 bits per heavy atom. The van der Waals surface area contributed by atoms with E-state index in [1.165, 1.54) is 43.2 Å². The van der Waals surface area contributed by atoms with Crippen molar-refractivity contribution >= 4 is 39.3 Å². The Hall–Kier alpha value is -4.15. The number of aromatic nitrogens is 2. The Morgan fingerprint density at radius 2 is 1.82 bits per heavy atom. The molecule has 1 N–H and O–H groups in total. The molecule has 194 valence electrons. The molecule has 1 atom stereocenters. The molecule has 2 heterocycles. The molecular weight excluding hydrogens is 533 g/mol. The lowest BCUT2D eigenvalue weighted by Gasteiger charge is -2.18. The number of methoxy groups -OCH3 is 2. The first kappa shape index (κ1) is 25.5. The van der Waals surface area contributed by atoms with Crippen molar-refractivity contribution in [2.24, 2.45) is 0 Å². The van der Waals surface area contributed by atoms with E-state index in [9.17, 15) is 9.00 Å². The van der Waals surface area contributed by atoms with Gasteiger partial charge in [0.25, 0.3) is 5.56 Å². The molecule has 0 amide bonds. The molecule has 3 aromatic carbocycles. The minimum atomic E-state index is -1.67. The quantitative estimate of drug-likeness (QED) is 0.270. The van der Waals surface area contributed by atoms with E-state index in [4.69, 9.17) is 25.6 Å². The number of anilines is 1. The van der Waals surface area contributed by atoms with Crippen LogP contribution in [0.3, 0.4) is 0 Å². The van der Waals surface area contributed by atoms with Crippen LogP contribution in [0.2, 0.25) is 5.02 Å². The van der Waals surface area contributed by atoms with Gasteiger partial charge in [0.2, 0.25) is 0 Å². The van der Waals surface area contributed by atoms with Crippen LogP contribution < -0.4 is 19.8 Å². The fourth-order valence-corrected chi connectivity index (χ4v) is 5.07. The molecule has 0 saturated carbocycles. The molecular formula is C27H21ClFN3O5S. The van der Waals surface area contributed by atoms with Crippen molar-refractivity contribution in [3.8, 4) is 28.3 Å². The Balaban J connectivity index is 1.67. The fourth-order valence-electron chi connectivity index (χ4n) is 4.11. The van der Waals surface area contributed by atoms with E-state index in [0.29, 0.717) is 37.8 Å². The Morgan fingerprint density at radius 1 is 1.03 bits per heavy atom. The standard InChI is InChI=1S/C27H21ClFN3O5S/c1-15-10-16(4-6-20(15)28)19-13-24(35-2)23(14-21(19)29)32-22-7-5-18(38(34)31-26-8-9-37-30-26)11-17(22)12-25(36-3)27(32)33/h4-14H,1-3H3,(H,30,31). The third-order valence-electron chi connectivity index (χ3n) is 5.99. The number of benzene rings is 3. The van der Waals surface area contributed by atoms with E-state index in [-0.39, 0.29) is 17.2 Å². The van der Waals surface area contributed by atoms with Crippen molar-refractivity contribution < 1.29 is 22.6 Å². The highest BCUT2D eigenvalue weighted by Crippen LogP contribution is 2.35. The SMILES string of the molecule is COc1cc(-c2ccc(Cl)c(C)c2)c(F)cc1-n1c(=O)c(OC)cc2cc(S(=O)Nc3ccon3)ccc21. The van der Waals surface area contributed by atoms with E-state index >= 15 is 4.39 Å². The lowest BCUT2D eigenvalue weighted by Crippen LogP contribution is -2.21. The first-order chi connectivity index (χ1) is 18.3. The second-order valence-electron chi connectivity index (χ2n) is 8.30. The Labute approximate surface area is 224 Å². The predicted molar refractivity (Wildman–Crippen MR) is 144 cm³/mol. The Kier molecular flexibility index (Phi) is 6.92. The van der Waals surface area contributed by atoms with Gasteiger partial charge >= 0.3 is 0 Å². The zero-order valence-corrected chi connectivity index (χ0v) is 22.0. The molecule has 0 saturated heterocycles. The van der Waals surface area contributed by atoms with E-state index in [1.54, 1.807) is 42.5 Å². The smallest absolute Gasteiger partial charge is 0.298 e. The number of nitrogens with zero attached hydrogens (tertiary/aromatic N) is 2. The summed E-state index contributed by atoms with van der Waals surface area (Å²) in [4.78, 5) is 13.8. The molecule has 0 bridgehead atoms. The summed E-state index contributed by atoms with van der Waals surface area (Å²) in [5.74, 6) is 0.0397. The van der Waals surface area contributed by atoms with Crippen LogP contribution in [0, 0.1) is 12.7 Å². The van der Waals surface area contributed by atoms with Crippen molar-refractivity contribution in [3.63, 3.8) is 0 Å². The van der Waals surface area contributed by atoms with Crippen LogP contribution >= 0.6 is 11.6 Å². The molecule has 1 unspecified atom stereocenters. The molecule has 0 aliphatic rings. The summed E-state index contributed by atoms with van der Waals surface area (Å²) in [6.07, 6.45) is 1.36. The average molecular weight is 554 g/mol. The molecule has 5 aromatic rings. The molecule has 0 aliphatic carbocycles. The lowest BCUT2D eigenvalue weighted by molar-refractivity contribution is 0.403. The van der Waals surface area contributed by atoms with E-state index in [1.807, 2.05) is 6.92 Å². The minimum absolute atomic E-state index is 0.0183. The molecule has 11 heteroatoms. The second-order valence-corrected chi connectivity index (χ2v) is 9.92. The maximum absolute atomic E-state index is 15.5. The highest BCUT2D eigenvalue weighted by molar-refractivity contribution is 7.86. The highest BCUT2D eigenvalue weighted by Gasteiger charge is 2.20. The van der Waals surface area contributed by atoms with Gasteiger partial charge in [-0.2, -0.15) is 0 Å². The number of ether oxygens (including phenoxy) is 2.